The first-order valence-corrected chi connectivity index (χ1v) is 6.22. The fraction of sp³-hybridized carbons (Fsp3) is 0.357. The second kappa shape index (κ2) is 4.14. The summed E-state index contributed by atoms with van der Waals surface area (Å²) >= 11 is 0. The number of fused-ring (bicyclic) bond motifs is 1. The smallest absolute Gasteiger partial charge is 0.268 e. The Morgan fingerprint density at radius 2 is 2.06 bits per heavy atom. The van der Waals surface area contributed by atoms with Crippen molar-refractivity contribution in [3.63, 3.8) is 0 Å². The molecule has 1 aliphatic heterocycles. The van der Waals surface area contributed by atoms with Crippen LogP contribution in [0.4, 0.5) is 0 Å². The van der Waals surface area contributed by atoms with Crippen LogP contribution in [0.1, 0.15) is 29.8 Å². The summed E-state index contributed by atoms with van der Waals surface area (Å²) in [6.07, 6.45) is 0. The largest absolute Gasteiger partial charge is 0.290 e. The van der Waals surface area contributed by atoms with E-state index in [-0.39, 0.29) is 11.6 Å². The number of aromatic amines is 1. The van der Waals surface area contributed by atoms with Gasteiger partial charge in [0.2, 0.25) is 0 Å². The molecule has 1 N–H and O–H groups in total. The minimum Gasteiger partial charge on any atom is -0.290 e. The molecule has 18 heavy (non-hydrogen) atoms. The van der Waals surface area contributed by atoms with Crippen molar-refractivity contribution in [2.75, 3.05) is 0 Å². The van der Waals surface area contributed by atoms with E-state index >= 15 is 0 Å². The van der Waals surface area contributed by atoms with Gasteiger partial charge in [-0.3, -0.25) is 19.5 Å². The summed E-state index contributed by atoms with van der Waals surface area (Å²) < 4.78 is 1.85. The molecule has 3 rings (SSSR count). The van der Waals surface area contributed by atoms with Crippen LogP contribution in [0.5, 0.6) is 0 Å². The standard InChI is InChI=1S/C14H17N3O/c1-10-13-12(14(18)15-16(13)2)9-17(10)8-11-6-4-3-5-7-11/h3-7,10H,8-9H2,1-2H3,(H,15,18). The van der Waals surface area contributed by atoms with Gasteiger partial charge in [-0.2, -0.15) is 0 Å². The number of hydrogen-bond acceptors (Lipinski definition) is 2. The first-order chi connectivity index (χ1) is 8.66. The average Bonchev–Trinajstić information content (AvgIpc) is 2.82. The number of aryl methyl sites for hydroxylation is 1. The van der Waals surface area contributed by atoms with Crippen LogP contribution < -0.4 is 5.56 Å². The third-order valence-corrected chi connectivity index (χ3v) is 3.75. The minimum atomic E-state index is 0.0508. The van der Waals surface area contributed by atoms with Gasteiger partial charge in [0.25, 0.3) is 5.56 Å². The van der Waals surface area contributed by atoms with Gasteiger partial charge in [-0.25, -0.2) is 0 Å². The zero-order valence-corrected chi connectivity index (χ0v) is 10.7. The van der Waals surface area contributed by atoms with Crippen LogP contribution in [0.25, 0.3) is 0 Å². The lowest BCUT2D eigenvalue weighted by Crippen LogP contribution is -2.23. The van der Waals surface area contributed by atoms with Crippen molar-refractivity contribution in [3.8, 4) is 0 Å². The van der Waals surface area contributed by atoms with E-state index in [9.17, 15) is 4.79 Å². The summed E-state index contributed by atoms with van der Waals surface area (Å²) in [7, 11) is 1.91. The molecule has 1 atom stereocenters. The molecule has 94 valence electrons. The molecule has 0 saturated carbocycles. The fourth-order valence-electron chi connectivity index (χ4n) is 2.81. The molecule has 2 heterocycles. The molecule has 2 aromatic rings. The molecule has 1 aliphatic rings. The quantitative estimate of drug-likeness (QED) is 0.873. The van der Waals surface area contributed by atoms with E-state index < -0.39 is 0 Å². The van der Waals surface area contributed by atoms with Crippen LogP contribution in [0.2, 0.25) is 0 Å². The lowest BCUT2D eigenvalue weighted by Gasteiger charge is -2.22. The lowest BCUT2D eigenvalue weighted by molar-refractivity contribution is 0.212. The van der Waals surface area contributed by atoms with Crippen molar-refractivity contribution in [3.05, 3.63) is 57.5 Å². The van der Waals surface area contributed by atoms with Crippen molar-refractivity contribution in [2.24, 2.45) is 7.05 Å². The van der Waals surface area contributed by atoms with Gasteiger partial charge in [-0.1, -0.05) is 30.3 Å². The third kappa shape index (κ3) is 1.69. The highest BCUT2D eigenvalue weighted by molar-refractivity contribution is 5.27. The Morgan fingerprint density at radius 3 is 2.72 bits per heavy atom. The van der Waals surface area contributed by atoms with Crippen LogP contribution in [0.3, 0.4) is 0 Å². The Kier molecular flexibility index (Phi) is 2.59. The Labute approximate surface area is 106 Å². The summed E-state index contributed by atoms with van der Waals surface area (Å²) in [5.41, 5.74) is 3.38. The molecule has 1 unspecified atom stereocenters. The van der Waals surface area contributed by atoms with E-state index in [0.29, 0.717) is 0 Å². The summed E-state index contributed by atoms with van der Waals surface area (Å²) in [6.45, 7) is 3.78. The Morgan fingerprint density at radius 1 is 1.33 bits per heavy atom. The van der Waals surface area contributed by atoms with E-state index in [4.69, 9.17) is 0 Å². The predicted octanol–water partition coefficient (Wildman–Crippen LogP) is 1.79. The molecule has 1 aromatic heterocycles. The van der Waals surface area contributed by atoms with Crippen LogP contribution in [-0.2, 0) is 20.1 Å². The SMILES string of the molecule is CC1c2c(c(=O)[nH]n2C)CN1Cc1ccccc1. The summed E-state index contributed by atoms with van der Waals surface area (Å²) in [4.78, 5) is 14.1. The van der Waals surface area contributed by atoms with Crippen molar-refractivity contribution >= 4 is 0 Å². The summed E-state index contributed by atoms with van der Waals surface area (Å²) in [5, 5.41) is 2.83. The van der Waals surface area contributed by atoms with Crippen molar-refractivity contribution in [1.29, 1.82) is 0 Å². The number of aromatic nitrogens is 2. The van der Waals surface area contributed by atoms with Gasteiger partial charge in [-0.05, 0) is 12.5 Å². The Hall–Kier alpha value is -1.81. The molecule has 0 bridgehead atoms. The number of nitrogens with one attached hydrogen (secondary N) is 1. The normalized spacial score (nSPS) is 19.1. The highest BCUT2D eigenvalue weighted by Crippen LogP contribution is 2.31. The molecule has 0 amide bonds. The molecular formula is C14H17N3O. The maximum atomic E-state index is 11.8. The summed E-state index contributed by atoms with van der Waals surface area (Å²) in [6, 6.07) is 10.7. The molecule has 0 saturated heterocycles. The van der Waals surface area contributed by atoms with Gasteiger partial charge in [0.1, 0.15) is 0 Å². The molecule has 0 radical (unpaired) electrons. The highest BCUT2D eigenvalue weighted by Gasteiger charge is 2.31. The van der Waals surface area contributed by atoms with Gasteiger partial charge >= 0.3 is 0 Å². The maximum absolute atomic E-state index is 11.8. The first-order valence-electron chi connectivity index (χ1n) is 6.22. The topological polar surface area (TPSA) is 41.0 Å². The van der Waals surface area contributed by atoms with Crippen LogP contribution in [-0.4, -0.2) is 14.7 Å². The van der Waals surface area contributed by atoms with E-state index in [1.54, 1.807) is 0 Å². The molecule has 0 fully saturated rings. The monoisotopic (exact) mass is 243 g/mol. The number of rotatable bonds is 2. The van der Waals surface area contributed by atoms with Crippen LogP contribution >= 0.6 is 0 Å². The highest BCUT2D eigenvalue weighted by atomic mass is 16.1. The third-order valence-electron chi connectivity index (χ3n) is 3.75. The second-order valence-corrected chi connectivity index (χ2v) is 4.93. The van der Waals surface area contributed by atoms with Gasteiger partial charge in [0.05, 0.1) is 11.3 Å². The van der Waals surface area contributed by atoms with Crippen molar-refractivity contribution < 1.29 is 0 Å². The van der Waals surface area contributed by atoms with Crippen molar-refractivity contribution in [2.45, 2.75) is 26.1 Å². The summed E-state index contributed by atoms with van der Waals surface area (Å²) in [5.74, 6) is 0. The van der Waals surface area contributed by atoms with E-state index in [1.807, 2.05) is 17.8 Å². The molecule has 4 heteroatoms. The van der Waals surface area contributed by atoms with Crippen molar-refractivity contribution in [1.82, 2.24) is 14.7 Å². The molecule has 0 spiro atoms. The average molecular weight is 243 g/mol. The fourth-order valence-corrected chi connectivity index (χ4v) is 2.81. The van der Waals surface area contributed by atoms with E-state index in [0.717, 1.165) is 24.3 Å². The number of benzene rings is 1. The van der Waals surface area contributed by atoms with Gasteiger partial charge < -0.3 is 0 Å². The lowest BCUT2D eigenvalue weighted by atomic mass is 10.2. The Bertz CT molecular complexity index is 612. The first kappa shape index (κ1) is 11.3. The zero-order chi connectivity index (χ0) is 12.7. The number of H-pyrrole nitrogens is 1. The maximum Gasteiger partial charge on any atom is 0.268 e. The number of nitrogens with zero attached hydrogens (tertiary/aromatic N) is 2. The minimum absolute atomic E-state index is 0.0508. The van der Waals surface area contributed by atoms with Gasteiger partial charge in [0, 0.05) is 26.2 Å². The number of hydrogen-bond donors (Lipinski definition) is 1. The Balaban J connectivity index is 1.87. The molecule has 0 aliphatic carbocycles. The van der Waals surface area contributed by atoms with Crippen LogP contribution in [0, 0.1) is 0 Å². The van der Waals surface area contributed by atoms with E-state index in [1.165, 1.54) is 5.56 Å². The predicted molar refractivity (Wildman–Crippen MR) is 70.1 cm³/mol. The van der Waals surface area contributed by atoms with Gasteiger partial charge in [-0.15, -0.1) is 0 Å². The molecular weight excluding hydrogens is 226 g/mol. The van der Waals surface area contributed by atoms with E-state index in [2.05, 4.69) is 41.2 Å². The molecule has 4 nitrogen and oxygen atoms in total. The van der Waals surface area contributed by atoms with Gasteiger partial charge in [0.15, 0.2) is 0 Å². The second-order valence-electron chi connectivity index (χ2n) is 4.93. The zero-order valence-electron chi connectivity index (χ0n) is 10.7. The van der Waals surface area contributed by atoms with Crippen LogP contribution in [0.15, 0.2) is 35.1 Å². The molecule has 1 aromatic carbocycles.